The first-order valence-corrected chi connectivity index (χ1v) is 17.8. The van der Waals surface area contributed by atoms with Gasteiger partial charge >= 0.3 is 0 Å². The Morgan fingerprint density at radius 1 is 0.340 bits per heavy atom. The lowest BCUT2D eigenvalue weighted by atomic mass is 9.99. The summed E-state index contributed by atoms with van der Waals surface area (Å²) in [6.07, 6.45) is -0.516. The summed E-state index contributed by atoms with van der Waals surface area (Å²) < 4.78 is 0. The van der Waals surface area contributed by atoms with Gasteiger partial charge in [-0.1, -0.05) is 202 Å². The maximum atomic E-state index is 9.99. The van der Waals surface area contributed by atoms with Crippen LogP contribution in [0.5, 0.6) is 0 Å². The fraction of sp³-hybridized carbons (Fsp3) is 0.265. The largest absolute Gasteiger partial charge is 0.384 e. The Bertz CT molecular complexity index is 1700. The molecule has 0 spiro atoms. The first kappa shape index (κ1) is 41.5. The van der Waals surface area contributed by atoms with E-state index in [9.17, 15) is 5.11 Å². The molecule has 6 rings (SSSR count). The Morgan fingerprint density at radius 2 is 0.760 bits per heavy atom. The number of aliphatic hydroxyl groups excluding tert-OH is 1. The van der Waals surface area contributed by atoms with Crippen molar-refractivity contribution >= 4 is 0 Å². The Kier molecular flexibility index (Phi) is 18.9. The Hall–Kier alpha value is -4.72. The van der Waals surface area contributed by atoms with Crippen LogP contribution in [0.25, 0.3) is 0 Å². The van der Waals surface area contributed by atoms with Crippen LogP contribution >= 0.6 is 0 Å². The van der Waals surface area contributed by atoms with Crippen LogP contribution in [0.3, 0.4) is 0 Å². The molecule has 0 aliphatic carbocycles. The van der Waals surface area contributed by atoms with Gasteiger partial charge in [-0.05, 0) is 92.3 Å². The second-order valence-corrected chi connectivity index (χ2v) is 13.5. The van der Waals surface area contributed by atoms with E-state index in [-0.39, 0.29) is 0 Å². The third kappa shape index (κ3) is 16.1. The minimum Gasteiger partial charge on any atom is -0.384 e. The normalized spacial score (nSPS) is 10.0. The predicted octanol–water partition coefficient (Wildman–Crippen LogP) is 13.6. The molecule has 0 amide bonds. The summed E-state index contributed by atoms with van der Waals surface area (Å²) in [5, 5.41) is 9.99. The third-order valence-electron chi connectivity index (χ3n) is 8.39. The average Bonchev–Trinajstić information content (AvgIpc) is 3.12. The summed E-state index contributed by atoms with van der Waals surface area (Å²) in [5.74, 6) is 1.31. The smallest absolute Gasteiger partial charge is 0.104 e. The van der Waals surface area contributed by atoms with Crippen molar-refractivity contribution < 1.29 is 5.11 Å². The summed E-state index contributed by atoms with van der Waals surface area (Å²) in [6, 6.07) is 53.3. The molecule has 6 aromatic carbocycles. The molecule has 0 aliphatic rings. The van der Waals surface area contributed by atoms with Gasteiger partial charge < -0.3 is 5.11 Å². The van der Waals surface area contributed by atoms with Gasteiger partial charge in [-0.15, -0.1) is 0 Å². The van der Waals surface area contributed by atoms with Gasteiger partial charge in [0.1, 0.15) is 6.10 Å². The first-order chi connectivity index (χ1) is 23.9. The van der Waals surface area contributed by atoms with E-state index < -0.39 is 6.10 Å². The Labute approximate surface area is 304 Å². The van der Waals surface area contributed by atoms with Crippen LogP contribution in [0.2, 0.25) is 0 Å². The molecule has 1 nitrogen and oxygen atoms in total. The number of hydrogen-bond donors (Lipinski definition) is 1. The molecule has 0 aliphatic heterocycles. The van der Waals surface area contributed by atoms with Crippen molar-refractivity contribution in [1.29, 1.82) is 0 Å². The van der Waals surface area contributed by atoms with Gasteiger partial charge in [-0.2, -0.15) is 0 Å². The van der Waals surface area contributed by atoms with E-state index in [0.29, 0.717) is 11.8 Å². The molecule has 0 unspecified atom stereocenters. The van der Waals surface area contributed by atoms with E-state index in [1.807, 2.05) is 78.9 Å². The van der Waals surface area contributed by atoms with Crippen molar-refractivity contribution in [3.05, 3.63) is 213 Å². The van der Waals surface area contributed by atoms with Crippen LogP contribution < -0.4 is 0 Å². The molecule has 0 fully saturated rings. The summed E-state index contributed by atoms with van der Waals surface area (Å²) in [6.45, 7) is 21.6. The molecule has 0 bridgehead atoms. The molecule has 0 saturated heterocycles. The lowest BCUT2D eigenvalue weighted by Gasteiger charge is -2.10. The average molecular weight is 665 g/mol. The van der Waals surface area contributed by atoms with Crippen LogP contribution in [0.4, 0.5) is 0 Å². The second kappa shape index (κ2) is 22.8. The van der Waals surface area contributed by atoms with Crippen LogP contribution in [-0.2, 0) is 0 Å². The third-order valence-corrected chi connectivity index (χ3v) is 8.39. The molecule has 0 aromatic heterocycles. The summed E-state index contributed by atoms with van der Waals surface area (Å²) in [4.78, 5) is 0. The standard InChI is InChI=1S/C13H12O.2C10H14.C9H12.C7H8/c14-13(11-7-3-1-4-8-11)12-9-5-2-6-10-12;1-8(2)10-6-4-9(3)5-7-10;1-8(2)10-7-5-4-6-9(10)3;1-7-4-5-8(2)9(3)6-7;1-7-5-3-2-4-6-7/h1-10,13-14H;2*4-8H,1-3H3;4-6H,1-3H3;2-6H,1H3. The Balaban J connectivity index is 0.000000221. The zero-order chi connectivity index (χ0) is 36.9. The Morgan fingerprint density at radius 3 is 1.12 bits per heavy atom. The van der Waals surface area contributed by atoms with Crippen molar-refractivity contribution in [3.8, 4) is 0 Å². The molecular weight excluding hydrogens is 605 g/mol. The SMILES string of the molecule is Cc1ccc(C(C)C)cc1.Cc1ccc(C)c(C)c1.Cc1ccccc1.Cc1ccccc1C(C)C.OC(c1ccccc1)c1ccccc1. The van der Waals surface area contributed by atoms with Gasteiger partial charge in [0, 0.05) is 0 Å². The second-order valence-electron chi connectivity index (χ2n) is 13.5. The lowest BCUT2D eigenvalue weighted by molar-refractivity contribution is 0.220. The maximum absolute atomic E-state index is 9.99. The van der Waals surface area contributed by atoms with Crippen molar-refractivity contribution in [2.75, 3.05) is 0 Å². The van der Waals surface area contributed by atoms with Gasteiger partial charge in [0.05, 0.1) is 0 Å². The van der Waals surface area contributed by atoms with E-state index in [4.69, 9.17) is 0 Å². The van der Waals surface area contributed by atoms with Gasteiger partial charge in [-0.3, -0.25) is 0 Å². The predicted molar refractivity (Wildman–Crippen MR) is 219 cm³/mol. The molecule has 0 radical (unpaired) electrons. The topological polar surface area (TPSA) is 20.2 Å². The molecular formula is C49H60O. The zero-order valence-corrected chi connectivity index (χ0v) is 32.2. The summed E-state index contributed by atoms with van der Waals surface area (Å²) >= 11 is 0. The molecule has 0 heterocycles. The van der Waals surface area contributed by atoms with Gasteiger partial charge in [0.2, 0.25) is 0 Å². The highest BCUT2D eigenvalue weighted by Gasteiger charge is 2.08. The van der Waals surface area contributed by atoms with E-state index >= 15 is 0 Å². The van der Waals surface area contributed by atoms with Crippen molar-refractivity contribution in [3.63, 3.8) is 0 Å². The molecule has 0 atom stereocenters. The van der Waals surface area contributed by atoms with Crippen LogP contribution in [-0.4, -0.2) is 5.11 Å². The lowest BCUT2D eigenvalue weighted by Crippen LogP contribution is -1.98. The summed E-state index contributed by atoms with van der Waals surface area (Å²) in [7, 11) is 0. The molecule has 262 valence electrons. The fourth-order valence-corrected chi connectivity index (χ4v) is 5.07. The van der Waals surface area contributed by atoms with Crippen LogP contribution in [0.15, 0.2) is 158 Å². The van der Waals surface area contributed by atoms with E-state index in [2.05, 4.69) is 148 Å². The van der Waals surface area contributed by atoms with E-state index in [1.54, 1.807) is 0 Å². The van der Waals surface area contributed by atoms with Crippen LogP contribution in [0.1, 0.15) is 101 Å². The highest BCUT2D eigenvalue weighted by Crippen LogP contribution is 2.21. The number of aryl methyl sites for hydroxylation is 6. The minimum absolute atomic E-state index is 0.516. The number of rotatable bonds is 4. The fourth-order valence-electron chi connectivity index (χ4n) is 5.07. The quantitative estimate of drug-likeness (QED) is 0.199. The molecule has 1 heteroatoms. The van der Waals surface area contributed by atoms with Crippen LogP contribution in [0, 0.1) is 41.5 Å². The van der Waals surface area contributed by atoms with Gasteiger partial charge in [-0.25, -0.2) is 0 Å². The molecule has 1 N–H and O–H groups in total. The van der Waals surface area contributed by atoms with Crippen molar-refractivity contribution in [2.45, 2.75) is 87.2 Å². The summed E-state index contributed by atoms with van der Waals surface area (Å²) in [5.41, 5.74) is 12.9. The number of aliphatic hydroxyl groups is 1. The number of benzene rings is 6. The maximum Gasteiger partial charge on any atom is 0.104 e. The number of hydrogen-bond acceptors (Lipinski definition) is 1. The van der Waals surface area contributed by atoms with E-state index in [1.165, 1.54) is 44.5 Å². The van der Waals surface area contributed by atoms with Crippen molar-refractivity contribution in [1.82, 2.24) is 0 Å². The van der Waals surface area contributed by atoms with E-state index in [0.717, 1.165) is 11.1 Å². The first-order valence-electron chi connectivity index (χ1n) is 17.8. The minimum atomic E-state index is -0.516. The highest BCUT2D eigenvalue weighted by molar-refractivity contribution is 5.30. The zero-order valence-electron chi connectivity index (χ0n) is 32.2. The van der Waals surface area contributed by atoms with Gasteiger partial charge in [0.25, 0.3) is 0 Å². The molecule has 6 aromatic rings. The molecule has 0 saturated carbocycles. The van der Waals surface area contributed by atoms with Crippen molar-refractivity contribution in [2.24, 2.45) is 0 Å². The highest BCUT2D eigenvalue weighted by atomic mass is 16.3. The monoisotopic (exact) mass is 664 g/mol. The molecule has 50 heavy (non-hydrogen) atoms. The van der Waals surface area contributed by atoms with Gasteiger partial charge in [0.15, 0.2) is 0 Å².